The van der Waals surface area contributed by atoms with Gasteiger partial charge in [0, 0.05) is 0 Å². The fourth-order valence-electron chi connectivity index (χ4n) is 2.47. The van der Waals surface area contributed by atoms with E-state index in [0.29, 0.717) is 0 Å². The highest BCUT2D eigenvalue weighted by atomic mass is 32.2. The molecule has 0 aromatic heterocycles. The van der Waals surface area contributed by atoms with E-state index in [-0.39, 0.29) is 0 Å². The summed E-state index contributed by atoms with van der Waals surface area (Å²) in [5.74, 6) is 4.42. The summed E-state index contributed by atoms with van der Waals surface area (Å²) < 4.78 is 8.88. The van der Waals surface area contributed by atoms with Crippen molar-refractivity contribution >= 4 is 18.7 Å². The first kappa shape index (κ1) is 25.7. The molecule has 0 amide bonds. The molecule has 6 heteroatoms. The van der Waals surface area contributed by atoms with Crippen LogP contribution >= 0.6 is 7.82 Å². The fourth-order valence-corrected chi connectivity index (χ4v) is 4.44. The average molecular weight is 372 g/mol. The van der Waals surface area contributed by atoms with Gasteiger partial charge in [0.15, 0.2) is 0 Å². The van der Waals surface area contributed by atoms with Gasteiger partial charge < -0.3 is 14.7 Å². The van der Waals surface area contributed by atoms with Gasteiger partial charge in [-0.3, -0.25) is 0 Å². The van der Waals surface area contributed by atoms with Crippen LogP contribution in [0.5, 0.6) is 0 Å². The van der Waals surface area contributed by atoms with Gasteiger partial charge in [0.25, 0.3) is 0 Å². The third kappa shape index (κ3) is 30.8. The topological polar surface area (TPSA) is 77.8 Å². The van der Waals surface area contributed by atoms with Crippen molar-refractivity contribution in [3.05, 3.63) is 0 Å². The Morgan fingerprint density at radius 2 is 1.04 bits per heavy atom. The van der Waals surface area contributed by atoms with E-state index in [2.05, 4.69) is 20.8 Å². The number of hydrogen-bond donors (Lipinski definition) is 3. The van der Waals surface area contributed by atoms with Crippen molar-refractivity contribution in [3.63, 3.8) is 0 Å². The molecule has 0 saturated heterocycles. The third-order valence-electron chi connectivity index (χ3n) is 3.69. The summed E-state index contributed by atoms with van der Waals surface area (Å²) in [5, 5.41) is 0. The standard InChI is InChI=1S/C17H37S.H3O4P/c1-4-7-8-9-10-11-12-13-14-15-17-18(6-3)16-5-2;1-5(2,3)4/h4-17H2,1-3H3;(H3,1,2,3,4)/q+1;. The van der Waals surface area contributed by atoms with Crippen LogP contribution in [0.2, 0.25) is 0 Å². The van der Waals surface area contributed by atoms with Crippen molar-refractivity contribution in [1.82, 2.24) is 0 Å². The average Bonchev–Trinajstić information content (AvgIpc) is 2.46. The minimum Gasteiger partial charge on any atom is -0.303 e. The summed E-state index contributed by atoms with van der Waals surface area (Å²) in [4.78, 5) is 21.6. The van der Waals surface area contributed by atoms with E-state index in [1.165, 1.54) is 87.9 Å². The molecule has 1 atom stereocenters. The van der Waals surface area contributed by atoms with Crippen LogP contribution in [-0.2, 0) is 15.5 Å². The first-order valence-electron chi connectivity index (χ1n) is 9.27. The molecule has 1 unspecified atom stereocenters. The summed E-state index contributed by atoms with van der Waals surface area (Å²) in [6.07, 6.45) is 16.1. The summed E-state index contributed by atoms with van der Waals surface area (Å²) in [6, 6.07) is 0. The largest absolute Gasteiger partial charge is 0.466 e. The lowest BCUT2D eigenvalue weighted by molar-refractivity contribution is 0.275. The van der Waals surface area contributed by atoms with Gasteiger partial charge in [-0.1, -0.05) is 65.2 Å². The second kappa shape index (κ2) is 18.8. The zero-order valence-corrected chi connectivity index (χ0v) is 17.2. The molecule has 0 bridgehead atoms. The van der Waals surface area contributed by atoms with Crippen LogP contribution in [0.1, 0.15) is 91.4 Å². The molecule has 0 rings (SSSR count). The lowest BCUT2D eigenvalue weighted by Crippen LogP contribution is -2.14. The zero-order chi connectivity index (χ0) is 18.0. The summed E-state index contributed by atoms with van der Waals surface area (Å²) in [6.45, 7) is 6.99. The Labute approximate surface area is 147 Å². The van der Waals surface area contributed by atoms with Crippen LogP contribution in [0, 0.1) is 0 Å². The molecule has 0 aliphatic rings. The molecule has 142 valence electrons. The van der Waals surface area contributed by atoms with E-state index >= 15 is 0 Å². The number of rotatable bonds is 14. The van der Waals surface area contributed by atoms with E-state index < -0.39 is 7.82 Å². The molecule has 3 N–H and O–H groups in total. The van der Waals surface area contributed by atoms with E-state index in [0.717, 1.165) is 10.9 Å². The fraction of sp³-hybridized carbons (Fsp3) is 1.00. The van der Waals surface area contributed by atoms with Gasteiger partial charge >= 0.3 is 7.82 Å². The SMILES string of the molecule is CCCCCCCCCCCC[S+](CC)CCC.O=P(O)(O)O. The van der Waals surface area contributed by atoms with Crippen LogP contribution in [0.3, 0.4) is 0 Å². The van der Waals surface area contributed by atoms with Crippen molar-refractivity contribution in [1.29, 1.82) is 0 Å². The van der Waals surface area contributed by atoms with E-state index in [1.54, 1.807) is 0 Å². The van der Waals surface area contributed by atoms with Crippen molar-refractivity contribution in [2.75, 3.05) is 17.3 Å². The van der Waals surface area contributed by atoms with Crippen LogP contribution in [0.25, 0.3) is 0 Å². The predicted octanol–water partition coefficient (Wildman–Crippen LogP) is 5.03. The Morgan fingerprint density at radius 3 is 1.39 bits per heavy atom. The first-order valence-corrected chi connectivity index (χ1v) is 12.6. The Morgan fingerprint density at radius 1 is 0.652 bits per heavy atom. The number of hydrogen-bond acceptors (Lipinski definition) is 1. The lowest BCUT2D eigenvalue weighted by Gasteiger charge is -2.05. The molecular formula is C17H40O4PS+. The van der Waals surface area contributed by atoms with Crippen LogP contribution in [-0.4, -0.2) is 31.9 Å². The second-order valence-electron chi connectivity index (χ2n) is 6.00. The number of unbranched alkanes of at least 4 members (excludes halogenated alkanes) is 9. The highest BCUT2D eigenvalue weighted by Crippen LogP contribution is 2.25. The molecule has 0 aliphatic carbocycles. The van der Waals surface area contributed by atoms with Crippen LogP contribution < -0.4 is 0 Å². The Kier molecular flexibility index (Phi) is 21.0. The van der Waals surface area contributed by atoms with Gasteiger partial charge in [0.05, 0.1) is 0 Å². The van der Waals surface area contributed by atoms with Crippen molar-refractivity contribution < 1.29 is 19.2 Å². The summed E-state index contributed by atoms with van der Waals surface area (Å²) in [7, 11) is -3.88. The van der Waals surface area contributed by atoms with Crippen LogP contribution in [0.15, 0.2) is 0 Å². The maximum Gasteiger partial charge on any atom is 0.466 e. The van der Waals surface area contributed by atoms with Gasteiger partial charge in [-0.15, -0.1) is 0 Å². The molecule has 0 aliphatic heterocycles. The summed E-state index contributed by atoms with van der Waals surface area (Å²) >= 11 is 0. The van der Waals surface area contributed by atoms with Gasteiger partial charge in [-0.05, 0) is 37.1 Å². The number of phosphoric acid groups is 1. The maximum atomic E-state index is 8.88. The van der Waals surface area contributed by atoms with Crippen molar-refractivity contribution in [2.45, 2.75) is 91.4 Å². The summed E-state index contributed by atoms with van der Waals surface area (Å²) in [5.41, 5.74) is 0. The Balaban J connectivity index is 0. The molecule has 0 radical (unpaired) electrons. The molecule has 0 aromatic rings. The Bertz CT molecular complexity index is 263. The molecule has 0 aromatic carbocycles. The van der Waals surface area contributed by atoms with E-state index in [1.807, 2.05) is 0 Å². The molecular weight excluding hydrogens is 331 g/mol. The minimum atomic E-state index is -4.64. The van der Waals surface area contributed by atoms with Crippen molar-refractivity contribution in [2.24, 2.45) is 0 Å². The highest BCUT2D eigenvalue weighted by Gasteiger charge is 2.12. The van der Waals surface area contributed by atoms with Gasteiger partial charge in [0.2, 0.25) is 0 Å². The molecule has 0 saturated carbocycles. The molecule has 23 heavy (non-hydrogen) atoms. The highest BCUT2D eigenvalue weighted by molar-refractivity contribution is 7.96. The maximum absolute atomic E-state index is 8.88. The normalized spacial score (nSPS) is 12.6. The Hall–Kier alpha value is 0.460. The van der Waals surface area contributed by atoms with E-state index in [9.17, 15) is 0 Å². The van der Waals surface area contributed by atoms with Gasteiger partial charge in [-0.25, -0.2) is 4.57 Å². The molecule has 0 heterocycles. The first-order chi connectivity index (χ1) is 10.8. The lowest BCUT2D eigenvalue weighted by atomic mass is 10.1. The molecule has 4 nitrogen and oxygen atoms in total. The van der Waals surface area contributed by atoms with E-state index in [4.69, 9.17) is 19.2 Å². The quantitative estimate of drug-likeness (QED) is 0.227. The van der Waals surface area contributed by atoms with Gasteiger partial charge in [0.1, 0.15) is 17.3 Å². The predicted molar refractivity (Wildman–Crippen MR) is 104 cm³/mol. The third-order valence-corrected chi connectivity index (χ3v) is 6.36. The van der Waals surface area contributed by atoms with Crippen LogP contribution in [0.4, 0.5) is 0 Å². The smallest absolute Gasteiger partial charge is 0.303 e. The van der Waals surface area contributed by atoms with Crippen molar-refractivity contribution in [3.8, 4) is 0 Å². The molecule has 0 spiro atoms. The van der Waals surface area contributed by atoms with Gasteiger partial charge in [-0.2, -0.15) is 0 Å². The molecule has 0 fully saturated rings. The zero-order valence-electron chi connectivity index (χ0n) is 15.5. The second-order valence-corrected chi connectivity index (χ2v) is 9.65. The monoisotopic (exact) mass is 371 g/mol. The minimum absolute atomic E-state index is 0.756.